The molecule has 25 heavy (non-hydrogen) atoms. The summed E-state index contributed by atoms with van der Waals surface area (Å²) in [5.41, 5.74) is 1.25. The zero-order chi connectivity index (χ0) is 17.5. The number of nitrogens with one attached hydrogen (secondary N) is 2. The lowest BCUT2D eigenvalue weighted by Gasteiger charge is -2.16. The van der Waals surface area contributed by atoms with Crippen LogP contribution in [0.15, 0.2) is 29.3 Å². The number of nitrogens with zero attached hydrogens (tertiary/aromatic N) is 1. The van der Waals surface area contributed by atoms with Crippen LogP contribution in [0, 0.1) is 5.92 Å². The zero-order valence-electron chi connectivity index (χ0n) is 14.9. The Morgan fingerprint density at radius 3 is 2.96 bits per heavy atom. The van der Waals surface area contributed by atoms with Crippen LogP contribution < -0.4 is 15.4 Å². The van der Waals surface area contributed by atoms with Gasteiger partial charge in [0.25, 0.3) is 0 Å². The molecule has 1 heterocycles. The highest BCUT2D eigenvalue weighted by atomic mass is 16.5. The highest BCUT2D eigenvalue weighted by Crippen LogP contribution is 2.29. The molecule has 6 heteroatoms. The van der Waals surface area contributed by atoms with E-state index in [-0.39, 0.29) is 6.10 Å². The third-order valence-electron chi connectivity index (χ3n) is 4.38. The van der Waals surface area contributed by atoms with E-state index in [2.05, 4.69) is 21.7 Å². The number of benzene rings is 1. The largest absolute Gasteiger partial charge is 0.488 e. The van der Waals surface area contributed by atoms with Gasteiger partial charge in [-0.3, -0.25) is 4.99 Å². The maximum Gasteiger partial charge on any atom is 0.191 e. The number of guanidine groups is 1. The minimum absolute atomic E-state index is 0.105. The van der Waals surface area contributed by atoms with Crippen molar-refractivity contribution in [1.82, 2.24) is 10.6 Å². The first-order valence-electron chi connectivity index (χ1n) is 9.27. The molecule has 0 radical (unpaired) electrons. The summed E-state index contributed by atoms with van der Waals surface area (Å²) in [7, 11) is 0. The molecule has 6 nitrogen and oxygen atoms in total. The smallest absolute Gasteiger partial charge is 0.191 e. The van der Waals surface area contributed by atoms with Crippen LogP contribution in [0.1, 0.15) is 25.3 Å². The molecule has 2 aliphatic rings. The van der Waals surface area contributed by atoms with Crippen molar-refractivity contribution in [3.63, 3.8) is 0 Å². The standard InChI is InChI=1S/C19H29N3O3/c1-2-20-19(21-10-16(23)13-24-12-14-7-8-14)22-11-17-9-15-5-3-4-6-18(15)25-17/h3-6,14,16-17,23H,2,7-13H2,1H3,(H2,20,21,22). The van der Waals surface area contributed by atoms with Crippen LogP contribution >= 0.6 is 0 Å². The highest BCUT2D eigenvalue weighted by Gasteiger charge is 2.23. The Balaban J connectivity index is 1.39. The van der Waals surface area contributed by atoms with Crippen LogP contribution in [0.5, 0.6) is 5.75 Å². The first kappa shape index (κ1) is 18.0. The Kier molecular flexibility index (Phi) is 6.53. The molecule has 138 valence electrons. The summed E-state index contributed by atoms with van der Waals surface area (Å²) >= 11 is 0. The number of hydrogen-bond acceptors (Lipinski definition) is 4. The van der Waals surface area contributed by atoms with Gasteiger partial charge in [0.05, 0.1) is 25.8 Å². The molecule has 0 amide bonds. The normalized spacial score (nSPS) is 20.7. The fourth-order valence-electron chi connectivity index (χ4n) is 2.82. The second kappa shape index (κ2) is 9.06. The van der Waals surface area contributed by atoms with Gasteiger partial charge in [-0.05, 0) is 37.3 Å². The van der Waals surface area contributed by atoms with Gasteiger partial charge < -0.3 is 25.2 Å². The lowest BCUT2D eigenvalue weighted by Crippen LogP contribution is -2.42. The zero-order valence-corrected chi connectivity index (χ0v) is 14.9. The first-order valence-corrected chi connectivity index (χ1v) is 9.27. The van der Waals surface area contributed by atoms with E-state index < -0.39 is 6.10 Å². The number of aliphatic imine (C=N–C) groups is 1. The van der Waals surface area contributed by atoms with Gasteiger partial charge in [0.1, 0.15) is 11.9 Å². The molecule has 1 aliphatic carbocycles. The van der Waals surface area contributed by atoms with Crippen LogP contribution in [0.25, 0.3) is 0 Å². The van der Waals surface area contributed by atoms with E-state index in [1.165, 1.54) is 18.4 Å². The molecule has 1 aromatic carbocycles. The van der Waals surface area contributed by atoms with E-state index in [4.69, 9.17) is 9.47 Å². The fraction of sp³-hybridized carbons (Fsp3) is 0.632. The molecule has 2 unspecified atom stereocenters. The van der Waals surface area contributed by atoms with E-state index >= 15 is 0 Å². The van der Waals surface area contributed by atoms with Crippen molar-refractivity contribution in [2.75, 3.05) is 32.8 Å². The third kappa shape index (κ3) is 5.90. The third-order valence-corrected chi connectivity index (χ3v) is 4.38. The lowest BCUT2D eigenvalue weighted by molar-refractivity contribution is 0.0368. The molecule has 1 saturated carbocycles. The molecule has 1 aliphatic heterocycles. The molecule has 3 rings (SSSR count). The van der Waals surface area contributed by atoms with Gasteiger partial charge in [-0.1, -0.05) is 18.2 Å². The summed E-state index contributed by atoms with van der Waals surface area (Å²) in [6, 6.07) is 8.14. The molecule has 0 aromatic heterocycles. The predicted molar refractivity (Wildman–Crippen MR) is 98.1 cm³/mol. The van der Waals surface area contributed by atoms with Crippen molar-refractivity contribution in [2.45, 2.75) is 38.4 Å². The second-order valence-corrected chi connectivity index (χ2v) is 6.79. The van der Waals surface area contributed by atoms with Gasteiger partial charge >= 0.3 is 0 Å². The van der Waals surface area contributed by atoms with E-state index in [0.717, 1.165) is 25.3 Å². The van der Waals surface area contributed by atoms with Gasteiger partial charge in [0.2, 0.25) is 0 Å². The number of rotatable bonds is 9. The van der Waals surface area contributed by atoms with Gasteiger partial charge in [0.15, 0.2) is 5.96 Å². The SMILES string of the molecule is CCNC(=NCC(O)COCC1CC1)NCC1Cc2ccccc2O1. The Bertz CT molecular complexity index is 550. The average Bonchev–Trinajstić information content (AvgIpc) is 3.34. The van der Waals surface area contributed by atoms with Crippen LogP contribution in [-0.2, 0) is 11.2 Å². The maximum atomic E-state index is 9.99. The number of hydrogen-bond donors (Lipinski definition) is 3. The molecule has 2 atom stereocenters. The predicted octanol–water partition coefficient (Wildman–Crippen LogP) is 1.33. The van der Waals surface area contributed by atoms with Crippen molar-refractivity contribution >= 4 is 5.96 Å². The van der Waals surface area contributed by atoms with Crippen LogP contribution in [0.3, 0.4) is 0 Å². The number of para-hydroxylation sites is 1. The van der Waals surface area contributed by atoms with Crippen LogP contribution in [0.2, 0.25) is 0 Å². The van der Waals surface area contributed by atoms with Crippen LogP contribution in [-0.4, -0.2) is 56.1 Å². The fourth-order valence-corrected chi connectivity index (χ4v) is 2.82. The summed E-state index contributed by atoms with van der Waals surface area (Å²) in [5.74, 6) is 2.38. The van der Waals surface area contributed by atoms with Crippen molar-refractivity contribution in [1.29, 1.82) is 0 Å². The molecule has 0 saturated heterocycles. The molecule has 1 aromatic rings. The Morgan fingerprint density at radius 2 is 2.20 bits per heavy atom. The summed E-state index contributed by atoms with van der Waals surface area (Å²) in [6.45, 7) is 4.90. The monoisotopic (exact) mass is 347 g/mol. The van der Waals surface area contributed by atoms with Crippen molar-refractivity contribution in [3.8, 4) is 5.75 Å². The minimum atomic E-state index is -0.568. The minimum Gasteiger partial charge on any atom is -0.488 e. The molecular formula is C19H29N3O3. The van der Waals surface area contributed by atoms with Crippen molar-refractivity contribution in [2.24, 2.45) is 10.9 Å². The maximum absolute atomic E-state index is 9.99. The molecular weight excluding hydrogens is 318 g/mol. The van der Waals surface area contributed by atoms with E-state index in [1.54, 1.807) is 0 Å². The summed E-state index contributed by atoms with van der Waals surface area (Å²) in [5, 5.41) is 16.5. The Morgan fingerprint density at radius 1 is 1.36 bits per heavy atom. The summed E-state index contributed by atoms with van der Waals surface area (Å²) in [6.07, 6.45) is 2.96. The molecule has 0 bridgehead atoms. The van der Waals surface area contributed by atoms with E-state index in [9.17, 15) is 5.11 Å². The van der Waals surface area contributed by atoms with Crippen molar-refractivity contribution in [3.05, 3.63) is 29.8 Å². The highest BCUT2D eigenvalue weighted by molar-refractivity contribution is 5.79. The molecule has 0 spiro atoms. The lowest BCUT2D eigenvalue weighted by atomic mass is 10.1. The number of ether oxygens (including phenoxy) is 2. The van der Waals surface area contributed by atoms with Gasteiger partial charge in [0, 0.05) is 19.6 Å². The first-order chi connectivity index (χ1) is 12.2. The van der Waals surface area contributed by atoms with Gasteiger partial charge in [-0.15, -0.1) is 0 Å². The number of aliphatic hydroxyl groups is 1. The summed E-state index contributed by atoms with van der Waals surface area (Å²) in [4.78, 5) is 4.45. The Labute approximate surface area is 149 Å². The van der Waals surface area contributed by atoms with Crippen molar-refractivity contribution < 1.29 is 14.6 Å². The Hall–Kier alpha value is -1.79. The van der Waals surface area contributed by atoms with Crippen LogP contribution in [0.4, 0.5) is 0 Å². The molecule has 3 N–H and O–H groups in total. The number of fused-ring (bicyclic) bond motifs is 1. The van der Waals surface area contributed by atoms with Gasteiger partial charge in [-0.2, -0.15) is 0 Å². The van der Waals surface area contributed by atoms with Gasteiger partial charge in [-0.25, -0.2) is 0 Å². The van der Waals surface area contributed by atoms with E-state index in [1.807, 2.05) is 25.1 Å². The number of aliphatic hydroxyl groups excluding tert-OH is 1. The summed E-state index contributed by atoms with van der Waals surface area (Å²) < 4.78 is 11.4. The average molecular weight is 347 g/mol. The quantitative estimate of drug-likeness (QED) is 0.464. The second-order valence-electron chi connectivity index (χ2n) is 6.79. The van der Waals surface area contributed by atoms with E-state index in [0.29, 0.717) is 31.6 Å². The molecule has 1 fully saturated rings. The topological polar surface area (TPSA) is 75.1 Å².